The lowest BCUT2D eigenvalue weighted by atomic mass is 9.92. The van der Waals surface area contributed by atoms with Gasteiger partial charge < -0.3 is 0 Å². The molecule has 0 spiro atoms. The average Bonchev–Trinajstić information content (AvgIpc) is 2.71. The Morgan fingerprint density at radius 2 is 2.25 bits per heavy atom. The topological polar surface area (TPSA) is 55.9 Å². The second-order valence-corrected chi connectivity index (χ2v) is 5.45. The molecule has 2 aliphatic rings. The summed E-state index contributed by atoms with van der Waals surface area (Å²) in [5.74, 6) is 8.48. The van der Waals surface area contributed by atoms with Crippen molar-refractivity contribution >= 4 is 0 Å². The van der Waals surface area contributed by atoms with Crippen LogP contribution in [0.5, 0.6) is 0 Å². The van der Waals surface area contributed by atoms with Gasteiger partial charge in [0.15, 0.2) is 0 Å². The Hall–Kier alpha value is -0.870. The first-order valence-corrected chi connectivity index (χ1v) is 6.21. The fraction of sp³-hybridized carbons (Fsp3) is 0.750. The molecule has 3 N–H and O–H groups in total. The van der Waals surface area contributed by atoms with Crippen LogP contribution in [0.3, 0.4) is 0 Å². The van der Waals surface area contributed by atoms with E-state index in [1.165, 1.54) is 19.3 Å². The van der Waals surface area contributed by atoms with E-state index in [1.54, 1.807) is 0 Å². The molecular weight excluding hydrogens is 200 g/mol. The first kappa shape index (κ1) is 10.3. The zero-order chi connectivity index (χ0) is 11.1. The SMILES string of the molecule is Cn1ccc(CC(NN)C2CC3CC3C2)n1. The molecule has 3 atom stereocenters. The maximum Gasteiger partial charge on any atom is 0.0640 e. The first-order chi connectivity index (χ1) is 7.76. The summed E-state index contributed by atoms with van der Waals surface area (Å²) in [6, 6.07) is 2.49. The van der Waals surface area contributed by atoms with Crippen molar-refractivity contribution < 1.29 is 0 Å². The Balaban J connectivity index is 1.62. The van der Waals surface area contributed by atoms with Gasteiger partial charge in [0.1, 0.15) is 0 Å². The molecule has 0 radical (unpaired) electrons. The van der Waals surface area contributed by atoms with E-state index in [2.05, 4.69) is 16.6 Å². The third kappa shape index (κ3) is 1.87. The molecule has 16 heavy (non-hydrogen) atoms. The maximum absolute atomic E-state index is 5.68. The summed E-state index contributed by atoms with van der Waals surface area (Å²) >= 11 is 0. The molecule has 0 aliphatic heterocycles. The lowest BCUT2D eigenvalue weighted by molar-refractivity contribution is 0.333. The lowest BCUT2D eigenvalue weighted by Crippen LogP contribution is -2.42. The van der Waals surface area contributed by atoms with Crippen molar-refractivity contribution in [3.63, 3.8) is 0 Å². The van der Waals surface area contributed by atoms with Crippen molar-refractivity contribution in [1.29, 1.82) is 0 Å². The number of nitrogens with zero attached hydrogens (tertiary/aromatic N) is 2. The highest BCUT2D eigenvalue weighted by molar-refractivity contribution is 5.05. The summed E-state index contributed by atoms with van der Waals surface area (Å²) < 4.78 is 1.86. The van der Waals surface area contributed by atoms with Crippen LogP contribution in [0, 0.1) is 17.8 Å². The summed E-state index contributed by atoms with van der Waals surface area (Å²) in [5, 5.41) is 4.42. The van der Waals surface area contributed by atoms with Gasteiger partial charge in [0.2, 0.25) is 0 Å². The van der Waals surface area contributed by atoms with E-state index in [1.807, 2.05) is 17.9 Å². The number of hydrogen-bond acceptors (Lipinski definition) is 3. The number of fused-ring (bicyclic) bond motifs is 1. The summed E-state index contributed by atoms with van der Waals surface area (Å²) in [5.41, 5.74) is 4.14. The van der Waals surface area contributed by atoms with Crippen LogP contribution in [0.2, 0.25) is 0 Å². The first-order valence-electron chi connectivity index (χ1n) is 6.21. The van der Waals surface area contributed by atoms with Crippen molar-refractivity contribution in [2.75, 3.05) is 0 Å². The maximum atomic E-state index is 5.68. The minimum atomic E-state index is 0.405. The number of aromatic nitrogens is 2. The molecule has 88 valence electrons. The van der Waals surface area contributed by atoms with Crippen LogP contribution in [-0.2, 0) is 13.5 Å². The van der Waals surface area contributed by atoms with E-state index in [0.29, 0.717) is 6.04 Å². The molecule has 0 bridgehead atoms. The summed E-state index contributed by atoms with van der Waals surface area (Å²) in [4.78, 5) is 0. The Labute approximate surface area is 96.2 Å². The zero-order valence-corrected chi connectivity index (χ0v) is 9.76. The number of nitrogens with one attached hydrogen (secondary N) is 1. The molecule has 4 nitrogen and oxygen atoms in total. The average molecular weight is 220 g/mol. The fourth-order valence-corrected chi connectivity index (χ4v) is 3.25. The monoisotopic (exact) mass is 220 g/mol. The number of hydrazine groups is 1. The number of hydrogen-bond donors (Lipinski definition) is 2. The highest BCUT2D eigenvalue weighted by Gasteiger charge is 2.47. The Kier molecular flexibility index (Phi) is 2.48. The van der Waals surface area contributed by atoms with Crippen molar-refractivity contribution in [1.82, 2.24) is 15.2 Å². The van der Waals surface area contributed by atoms with Gasteiger partial charge in [-0.3, -0.25) is 16.0 Å². The van der Waals surface area contributed by atoms with Crippen molar-refractivity contribution in [3.8, 4) is 0 Å². The van der Waals surface area contributed by atoms with Gasteiger partial charge in [-0.1, -0.05) is 0 Å². The van der Waals surface area contributed by atoms with Gasteiger partial charge in [-0.25, -0.2) is 0 Å². The van der Waals surface area contributed by atoms with Crippen LogP contribution in [-0.4, -0.2) is 15.8 Å². The predicted molar refractivity (Wildman–Crippen MR) is 62.3 cm³/mol. The largest absolute Gasteiger partial charge is 0.276 e. The normalized spacial score (nSPS) is 33.8. The molecule has 0 amide bonds. The van der Waals surface area contributed by atoms with E-state index < -0.39 is 0 Å². The Bertz CT molecular complexity index is 363. The highest BCUT2D eigenvalue weighted by atomic mass is 15.3. The highest BCUT2D eigenvalue weighted by Crippen LogP contribution is 2.55. The number of nitrogens with two attached hydrogens (primary N) is 1. The minimum Gasteiger partial charge on any atom is -0.276 e. The van der Waals surface area contributed by atoms with Gasteiger partial charge in [0.25, 0.3) is 0 Å². The fourth-order valence-electron chi connectivity index (χ4n) is 3.25. The van der Waals surface area contributed by atoms with Crippen LogP contribution < -0.4 is 11.3 Å². The summed E-state index contributed by atoms with van der Waals surface area (Å²) in [6.07, 6.45) is 7.16. The smallest absolute Gasteiger partial charge is 0.0640 e. The Morgan fingerprint density at radius 1 is 1.50 bits per heavy atom. The van der Waals surface area contributed by atoms with Crippen LogP contribution in [0.4, 0.5) is 0 Å². The summed E-state index contributed by atoms with van der Waals surface area (Å²) in [6.45, 7) is 0. The molecule has 1 aromatic heterocycles. The predicted octanol–water partition coefficient (Wildman–Crippen LogP) is 0.841. The molecule has 0 saturated heterocycles. The molecule has 0 aromatic carbocycles. The minimum absolute atomic E-state index is 0.405. The van der Waals surface area contributed by atoms with Crippen LogP contribution in [0.25, 0.3) is 0 Å². The second kappa shape index (κ2) is 3.86. The number of rotatable bonds is 4. The molecule has 1 aromatic rings. The van der Waals surface area contributed by atoms with Crippen molar-refractivity contribution in [3.05, 3.63) is 18.0 Å². The van der Waals surface area contributed by atoms with E-state index in [0.717, 1.165) is 29.9 Å². The van der Waals surface area contributed by atoms with Crippen molar-refractivity contribution in [2.45, 2.75) is 31.7 Å². The third-order valence-electron chi connectivity index (χ3n) is 4.26. The molecule has 3 rings (SSSR count). The molecule has 2 saturated carbocycles. The van der Waals surface area contributed by atoms with E-state index in [9.17, 15) is 0 Å². The van der Waals surface area contributed by atoms with E-state index in [4.69, 9.17) is 5.84 Å². The molecule has 1 heterocycles. The van der Waals surface area contributed by atoms with Gasteiger partial charge in [-0.15, -0.1) is 0 Å². The zero-order valence-electron chi connectivity index (χ0n) is 9.76. The lowest BCUT2D eigenvalue weighted by Gasteiger charge is -2.23. The Morgan fingerprint density at radius 3 is 2.81 bits per heavy atom. The molecular formula is C12H20N4. The van der Waals surface area contributed by atoms with Gasteiger partial charge in [-0.05, 0) is 43.1 Å². The van der Waals surface area contributed by atoms with Crippen molar-refractivity contribution in [2.24, 2.45) is 30.6 Å². The van der Waals surface area contributed by atoms with E-state index in [-0.39, 0.29) is 0 Å². The van der Waals surface area contributed by atoms with E-state index >= 15 is 0 Å². The molecule has 3 unspecified atom stereocenters. The molecule has 2 aliphatic carbocycles. The molecule has 4 heteroatoms. The van der Waals surface area contributed by atoms with Gasteiger partial charge in [0.05, 0.1) is 5.69 Å². The van der Waals surface area contributed by atoms with Crippen LogP contribution >= 0.6 is 0 Å². The number of aryl methyl sites for hydroxylation is 1. The molecule has 2 fully saturated rings. The van der Waals surface area contributed by atoms with Crippen LogP contribution in [0.1, 0.15) is 25.0 Å². The third-order valence-corrected chi connectivity index (χ3v) is 4.26. The second-order valence-electron chi connectivity index (χ2n) is 5.45. The summed E-state index contributed by atoms with van der Waals surface area (Å²) in [7, 11) is 1.96. The standard InChI is InChI=1S/C12H20N4/c1-16-3-2-11(15-16)7-12(14-13)10-5-8-4-9(8)6-10/h2-3,8-10,12,14H,4-7,13H2,1H3. The van der Waals surface area contributed by atoms with Gasteiger partial charge >= 0.3 is 0 Å². The van der Waals surface area contributed by atoms with Crippen LogP contribution in [0.15, 0.2) is 12.3 Å². The van der Waals surface area contributed by atoms with Gasteiger partial charge in [-0.2, -0.15) is 5.10 Å². The van der Waals surface area contributed by atoms with Gasteiger partial charge in [0, 0.05) is 25.7 Å². The quantitative estimate of drug-likeness (QED) is 0.584.